The maximum Gasteiger partial charge on any atom is 0.410 e. The summed E-state index contributed by atoms with van der Waals surface area (Å²) >= 11 is 0. The number of carbonyl (C=O) groups is 1. The minimum absolute atomic E-state index is 0.257. The molecular formula is C17H32N4O3. The van der Waals surface area contributed by atoms with Gasteiger partial charge in [0.15, 0.2) is 5.96 Å². The highest BCUT2D eigenvalue weighted by atomic mass is 16.6. The summed E-state index contributed by atoms with van der Waals surface area (Å²) in [6, 6.07) is 0. The molecule has 0 aliphatic carbocycles. The highest BCUT2D eigenvalue weighted by molar-refractivity contribution is 5.78. The highest BCUT2D eigenvalue weighted by Crippen LogP contribution is 2.15. The van der Waals surface area contributed by atoms with E-state index in [4.69, 9.17) is 15.2 Å². The van der Waals surface area contributed by atoms with Crippen LogP contribution >= 0.6 is 0 Å². The standard InChI is InChI=1S/C17H32N4O3/c1-17(2,3)24-16(22)21-11-9-20(10-12-21)15(18)19-8-7-14-6-4-5-13-23-14/h14H,4-13H2,1-3H3,(H2,18,19). The van der Waals surface area contributed by atoms with Crippen molar-refractivity contribution in [2.45, 2.75) is 58.2 Å². The number of carbonyl (C=O) groups excluding carboxylic acids is 1. The van der Waals surface area contributed by atoms with Gasteiger partial charge in [-0.25, -0.2) is 4.79 Å². The summed E-state index contributed by atoms with van der Waals surface area (Å²) < 4.78 is 11.1. The Kier molecular flexibility index (Phi) is 6.71. The monoisotopic (exact) mass is 340 g/mol. The molecule has 2 rings (SSSR count). The van der Waals surface area contributed by atoms with Crippen LogP contribution in [0.15, 0.2) is 4.99 Å². The van der Waals surface area contributed by atoms with Crippen molar-refractivity contribution < 1.29 is 14.3 Å². The van der Waals surface area contributed by atoms with Gasteiger partial charge in [0, 0.05) is 39.3 Å². The fraction of sp³-hybridized carbons (Fsp3) is 0.882. The normalized spacial score (nSPS) is 23.3. The Morgan fingerprint density at radius 2 is 1.88 bits per heavy atom. The van der Waals surface area contributed by atoms with Gasteiger partial charge in [0.2, 0.25) is 0 Å². The molecule has 2 aliphatic heterocycles. The van der Waals surface area contributed by atoms with Crippen LogP contribution in [0.1, 0.15) is 46.5 Å². The van der Waals surface area contributed by atoms with E-state index in [0.29, 0.717) is 44.8 Å². The molecule has 7 nitrogen and oxygen atoms in total. The van der Waals surface area contributed by atoms with Crippen molar-refractivity contribution >= 4 is 12.1 Å². The number of aliphatic imine (C=N–C) groups is 1. The molecule has 2 N–H and O–H groups in total. The Hall–Kier alpha value is -1.50. The minimum Gasteiger partial charge on any atom is -0.444 e. The summed E-state index contributed by atoms with van der Waals surface area (Å²) in [6.45, 7) is 9.79. The van der Waals surface area contributed by atoms with E-state index in [1.54, 1.807) is 4.90 Å². The Morgan fingerprint density at radius 1 is 1.21 bits per heavy atom. The molecule has 7 heteroatoms. The Labute approximate surface area is 145 Å². The predicted molar refractivity (Wildman–Crippen MR) is 94.1 cm³/mol. The maximum absolute atomic E-state index is 12.0. The number of rotatable bonds is 3. The third kappa shape index (κ3) is 6.19. The van der Waals surface area contributed by atoms with Gasteiger partial charge in [-0.05, 0) is 46.5 Å². The second-order valence-corrected chi connectivity index (χ2v) is 7.47. The number of guanidine groups is 1. The molecule has 1 atom stereocenters. The minimum atomic E-state index is -0.462. The smallest absolute Gasteiger partial charge is 0.410 e. The van der Waals surface area contributed by atoms with Gasteiger partial charge in [-0.3, -0.25) is 4.99 Å². The molecule has 1 unspecified atom stereocenters. The zero-order chi connectivity index (χ0) is 17.6. The summed E-state index contributed by atoms with van der Waals surface area (Å²) in [5.74, 6) is 0.564. The van der Waals surface area contributed by atoms with Gasteiger partial charge in [-0.2, -0.15) is 0 Å². The number of hydrogen-bond acceptors (Lipinski definition) is 4. The molecule has 0 bridgehead atoms. The molecule has 24 heavy (non-hydrogen) atoms. The van der Waals surface area contributed by atoms with E-state index in [0.717, 1.165) is 19.4 Å². The number of amides is 1. The van der Waals surface area contributed by atoms with Crippen LogP contribution < -0.4 is 5.73 Å². The lowest BCUT2D eigenvalue weighted by Crippen LogP contribution is -2.53. The van der Waals surface area contributed by atoms with E-state index in [2.05, 4.69) is 4.99 Å². The second-order valence-electron chi connectivity index (χ2n) is 7.47. The number of piperazine rings is 1. The van der Waals surface area contributed by atoms with Crippen molar-refractivity contribution in [3.05, 3.63) is 0 Å². The van der Waals surface area contributed by atoms with Gasteiger partial charge in [-0.15, -0.1) is 0 Å². The van der Waals surface area contributed by atoms with Crippen molar-refractivity contribution in [1.29, 1.82) is 0 Å². The van der Waals surface area contributed by atoms with Crippen molar-refractivity contribution in [3.63, 3.8) is 0 Å². The third-order valence-corrected chi connectivity index (χ3v) is 4.25. The van der Waals surface area contributed by atoms with Crippen molar-refractivity contribution in [2.75, 3.05) is 39.3 Å². The lowest BCUT2D eigenvalue weighted by Gasteiger charge is -2.36. The molecule has 0 aromatic heterocycles. The molecule has 0 aromatic rings. The van der Waals surface area contributed by atoms with Gasteiger partial charge < -0.3 is 25.0 Å². The van der Waals surface area contributed by atoms with Gasteiger partial charge in [0.1, 0.15) is 5.60 Å². The quantitative estimate of drug-likeness (QED) is 0.626. The molecular weight excluding hydrogens is 308 g/mol. The maximum atomic E-state index is 12.0. The molecule has 2 saturated heterocycles. The van der Waals surface area contributed by atoms with E-state index < -0.39 is 5.60 Å². The first-order valence-corrected chi connectivity index (χ1v) is 8.99. The van der Waals surface area contributed by atoms with Gasteiger partial charge in [-0.1, -0.05) is 0 Å². The Morgan fingerprint density at radius 3 is 2.46 bits per heavy atom. The van der Waals surface area contributed by atoms with Crippen LogP contribution in [0.2, 0.25) is 0 Å². The molecule has 138 valence electrons. The molecule has 2 heterocycles. The topological polar surface area (TPSA) is 80.4 Å². The van der Waals surface area contributed by atoms with Crippen LogP contribution in [-0.4, -0.2) is 72.9 Å². The summed E-state index contributed by atoms with van der Waals surface area (Å²) in [6.07, 6.45) is 4.55. The summed E-state index contributed by atoms with van der Waals surface area (Å²) in [4.78, 5) is 20.3. The zero-order valence-electron chi connectivity index (χ0n) is 15.3. The average molecular weight is 340 g/mol. The van der Waals surface area contributed by atoms with E-state index in [1.165, 1.54) is 12.8 Å². The van der Waals surface area contributed by atoms with E-state index in [9.17, 15) is 4.79 Å². The lowest BCUT2D eigenvalue weighted by atomic mass is 10.1. The highest BCUT2D eigenvalue weighted by Gasteiger charge is 2.26. The Bertz CT molecular complexity index is 434. The van der Waals surface area contributed by atoms with Crippen LogP contribution in [0, 0.1) is 0 Å². The van der Waals surface area contributed by atoms with E-state index in [1.807, 2.05) is 25.7 Å². The average Bonchev–Trinajstić information content (AvgIpc) is 2.54. The SMILES string of the molecule is CC(C)(C)OC(=O)N1CCN(C(N)=NCCC2CCCCO2)CC1. The summed E-state index contributed by atoms with van der Waals surface area (Å²) in [7, 11) is 0. The molecule has 0 spiro atoms. The van der Waals surface area contributed by atoms with Crippen LogP contribution in [0.3, 0.4) is 0 Å². The van der Waals surface area contributed by atoms with Crippen LogP contribution in [0.4, 0.5) is 4.79 Å². The molecule has 0 aromatic carbocycles. The van der Waals surface area contributed by atoms with Crippen molar-refractivity contribution in [3.8, 4) is 0 Å². The number of ether oxygens (including phenoxy) is 2. The number of nitrogens with two attached hydrogens (primary N) is 1. The van der Waals surface area contributed by atoms with Crippen LogP contribution in [0.5, 0.6) is 0 Å². The van der Waals surface area contributed by atoms with Crippen LogP contribution in [0.25, 0.3) is 0 Å². The summed E-state index contributed by atoms with van der Waals surface area (Å²) in [5, 5.41) is 0. The first-order valence-electron chi connectivity index (χ1n) is 8.99. The molecule has 2 aliphatic rings. The summed E-state index contributed by atoms with van der Waals surface area (Å²) in [5.41, 5.74) is 5.63. The van der Waals surface area contributed by atoms with Crippen molar-refractivity contribution in [1.82, 2.24) is 9.80 Å². The third-order valence-electron chi connectivity index (χ3n) is 4.25. The first-order chi connectivity index (χ1) is 11.3. The van der Waals surface area contributed by atoms with E-state index in [-0.39, 0.29) is 6.09 Å². The van der Waals surface area contributed by atoms with Crippen LogP contribution in [-0.2, 0) is 9.47 Å². The molecule has 0 saturated carbocycles. The Balaban J connectivity index is 1.70. The second kappa shape index (κ2) is 8.55. The molecule has 2 fully saturated rings. The zero-order valence-corrected chi connectivity index (χ0v) is 15.3. The predicted octanol–water partition coefficient (Wildman–Crippen LogP) is 1.81. The molecule has 1 amide bonds. The number of hydrogen-bond donors (Lipinski definition) is 1. The fourth-order valence-corrected chi connectivity index (χ4v) is 2.90. The first kappa shape index (κ1) is 18.8. The largest absolute Gasteiger partial charge is 0.444 e. The van der Waals surface area contributed by atoms with Gasteiger partial charge in [0.05, 0.1) is 6.10 Å². The lowest BCUT2D eigenvalue weighted by molar-refractivity contribution is 0.0127. The van der Waals surface area contributed by atoms with Crippen molar-refractivity contribution in [2.24, 2.45) is 10.7 Å². The fourth-order valence-electron chi connectivity index (χ4n) is 2.90. The number of nitrogens with zero attached hydrogens (tertiary/aromatic N) is 3. The molecule has 0 radical (unpaired) electrons. The van der Waals surface area contributed by atoms with Gasteiger partial charge >= 0.3 is 6.09 Å². The van der Waals surface area contributed by atoms with Gasteiger partial charge in [0.25, 0.3) is 0 Å². The van der Waals surface area contributed by atoms with E-state index >= 15 is 0 Å².